The lowest BCUT2D eigenvalue weighted by molar-refractivity contribution is 0.487. The molecule has 0 amide bonds. The third kappa shape index (κ3) is 3.49. The molecule has 5 heteroatoms. The van der Waals surface area contributed by atoms with E-state index in [1.54, 1.807) is 0 Å². The first-order valence-corrected chi connectivity index (χ1v) is 14.9. The monoisotopic (exact) mass is 641 g/mol. The van der Waals surface area contributed by atoms with E-state index < -0.39 is 224 Å². The molecule has 47 heavy (non-hydrogen) atoms. The molecule has 2 aromatic heterocycles. The molecule has 2 aliphatic rings. The first-order chi connectivity index (χ1) is 33.7. The molecule has 0 N–H and O–H groups in total. The van der Waals surface area contributed by atoms with Crippen molar-refractivity contribution >= 4 is 72.1 Å². The number of nitrogens with zero attached hydrogens (tertiary/aromatic N) is 2. The van der Waals surface area contributed by atoms with E-state index in [1.165, 1.54) is 0 Å². The Morgan fingerprint density at radius 1 is 0.489 bits per heavy atom. The summed E-state index contributed by atoms with van der Waals surface area (Å²) >= 11 is 0.710. The van der Waals surface area contributed by atoms with Crippen LogP contribution < -0.4 is 15.7 Å². The van der Waals surface area contributed by atoms with Gasteiger partial charge in [0.2, 0.25) is 0 Å². The predicted octanol–water partition coefficient (Wildman–Crippen LogP) is 9.86. The second-order valence-electron chi connectivity index (χ2n) is 10.6. The predicted molar refractivity (Wildman–Crippen MR) is 198 cm³/mol. The lowest BCUT2D eigenvalue weighted by Gasteiger charge is -2.33. The van der Waals surface area contributed by atoms with Crippen molar-refractivity contribution in [2.75, 3.05) is 0 Å². The van der Waals surface area contributed by atoms with Gasteiger partial charge in [0.1, 0.15) is 11.5 Å². The molecule has 0 spiro atoms. The largest absolute Gasteiger partial charge is 0.458 e. The topological polar surface area (TPSA) is 19.1 Å². The van der Waals surface area contributed by atoms with Gasteiger partial charge in [0.25, 0.3) is 5.99 Å². The molecule has 218 valence electrons. The van der Waals surface area contributed by atoms with Crippen LogP contribution in [0, 0.1) is 0 Å². The van der Waals surface area contributed by atoms with Crippen molar-refractivity contribution in [3.05, 3.63) is 151 Å². The van der Waals surface area contributed by atoms with Crippen LogP contribution in [0.4, 0.5) is 0 Å². The van der Waals surface area contributed by atoms with Gasteiger partial charge in [-0.25, -0.2) is 0 Å². The number of fused-ring (bicyclic) bond motifs is 10. The van der Waals surface area contributed by atoms with E-state index in [0.717, 1.165) is 9.13 Å². The average molecular weight is 642 g/mol. The summed E-state index contributed by atoms with van der Waals surface area (Å²) in [6, 6.07) is -19.3. The highest BCUT2D eigenvalue weighted by atomic mass is 32.2. The van der Waals surface area contributed by atoms with Gasteiger partial charge in [-0.3, -0.25) is 0 Å². The van der Waals surface area contributed by atoms with Crippen LogP contribution in [0.1, 0.15) is 34.3 Å². The van der Waals surface area contributed by atoms with Gasteiger partial charge in [0.15, 0.2) is 0 Å². The standard InChI is InChI=1S/C42H25BN2OS/c1-6-16-35-28(11-1)29-12-2-7-17-36(29)44(35)26-21-22-34-39(24-26)46-40-25-27(23-33-32-15-5-10-20-41(32)47-43(34)42(33)40)45-37-18-8-3-13-30(37)31-14-4-9-19-38(31)45/h1-25H/i1D,2D,3D,4D,5D,6D,7D,8D,9D,10D,11D,12D,13D,14D,15D,16D,17D,18D,19D,20D,21D,22D,23D,24D,25D. The van der Waals surface area contributed by atoms with Crippen LogP contribution in [-0.4, -0.2) is 15.1 Å². The maximum atomic E-state index is 9.99. The Labute approximate surface area is 310 Å². The molecule has 7 aromatic carbocycles. The molecule has 0 saturated heterocycles. The average Bonchev–Trinajstić information content (AvgIpc) is 3.90. The van der Waals surface area contributed by atoms with Crippen LogP contribution in [0.2, 0.25) is 0 Å². The number of aromatic nitrogens is 2. The zero-order valence-corrected chi connectivity index (χ0v) is 24.1. The van der Waals surface area contributed by atoms with Crippen molar-refractivity contribution < 1.29 is 39.0 Å². The molecule has 0 saturated carbocycles. The molecule has 0 bridgehead atoms. The molecule has 9 aromatic rings. The Kier molecular flexibility index (Phi) is 2.32. The van der Waals surface area contributed by atoms with Crippen LogP contribution in [0.15, 0.2) is 156 Å². The smallest absolute Gasteiger partial charge is 0.289 e. The fraction of sp³-hybridized carbons (Fsp3) is 0. The van der Waals surface area contributed by atoms with Gasteiger partial charge in [0, 0.05) is 44.2 Å². The zero-order valence-electron chi connectivity index (χ0n) is 48.3. The van der Waals surface area contributed by atoms with Gasteiger partial charge in [0.05, 0.1) is 62.0 Å². The number of benzene rings is 7. The molecule has 11 rings (SSSR count). The summed E-state index contributed by atoms with van der Waals surface area (Å²) in [6.45, 7) is 0. The molecule has 0 radical (unpaired) electrons. The number of hydrogen-bond acceptors (Lipinski definition) is 2. The highest BCUT2D eigenvalue weighted by Crippen LogP contribution is 2.45. The highest BCUT2D eigenvalue weighted by Gasteiger charge is 2.39. The minimum Gasteiger partial charge on any atom is -0.458 e. The van der Waals surface area contributed by atoms with Crippen LogP contribution >= 0.6 is 11.6 Å². The highest BCUT2D eigenvalue weighted by molar-refractivity contribution is 8.28. The van der Waals surface area contributed by atoms with Gasteiger partial charge in [-0.05, 0) is 64.3 Å². The fourth-order valence-electron chi connectivity index (χ4n) is 6.25. The molecule has 2 aliphatic heterocycles. The van der Waals surface area contributed by atoms with E-state index in [0.29, 0.717) is 11.6 Å². The molecule has 0 atom stereocenters. The van der Waals surface area contributed by atoms with E-state index in [-0.39, 0.29) is 26.9 Å². The minimum absolute atomic E-state index is 0.173. The summed E-state index contributed by atoms with van der Waals surface area (Å²) in [7, 11) is 0. The maximum absolute atomic E-state index is 9.99. The third-order valence-corrected chi connectivity index (χ3v) is 9.41. The van der Waals surface area contributed by atoms with E-state index in [2.05, 4.69) is 0 Å². The first-order valence-electron chi connectivity index (χ1n) is 26.5. The van der Waals surface area contributed by atoms with E-state index in [1.807, 2.05) is 0 Å². The SMILES string of the molecule is [2H]c1c([2H])c([2H])c2c(c1[2H])SB1c3c([2H])c([2H])c(-n4c5c([2H])c([2H])c([2H])c([2H])c5c5c([2H])c([2H])c([2H])c([2H])c54)c([2H])c3Oc3c([2H])c(-n4c5c([2H])c([2H])c([2H])c([2H])c5c5c([2H])c([2H])c([2H])c([2H])c54)c([2H])c-2c31. The van der Waals surface area contributed by atoms with Gasteiger partial charge >= 0.3 is 0 Å². The Hall–Kier alpha value is -5.65. The Balaban J connectivity index is 1.34. The molecule has 0 aliphatic carbocycles. The zero-order chi connectivity index (χ0) is 52.4. The van der Waals surface area contributed by atoms with Crippen molar-refractivity contribution in [3.63, 3.8) is 0 Å². The quantitative estimate of drug-likeness (QED) is 0.175. The van der Waals surface area contributed by atoms with Crippen LogP contribution in [-0.2, 0) is 0 Å². The Morgan fingerprint density at radius 3 is 1.62 bits per heavy atom. The van der Waals surface area contributed by atoms with Crippen LogP contribution in [0.3, 0.4) is 0 Å². The van der Waals surface area contributed by atoms with Gasteiger partial charge in [-0.1, -0.05) is 96.7 Å². The second-order valence-corrected chi connectivity index (χ2v) is 11.7. The van der Waals surface area contributed by atoms with Gasteiger partial charge in [-0.15, -0.1) is 0 Å². The first kappa shape index (κ1) is 11.6. The lowest BCUT2D eigenvalue weighted by atomic mass is 9.57. The van der Waals surface area contributed by atoms with Crippen molar-refractivity contribution in [1.29, 1.82) is 0 Å². The Bertz CT molecular complexity index is 4030. The summed E-state index contributed by atoms with van der Waals surface area (Å²) in [5, 5.41) is -1.65. The minimum atomic E-state index is -1.46. The number of ether oxygens (including phenoxy) is 1. The summed E-state index contributed by atoms with van der Waals surface area (Å²) in [6.07, 6.45) is 0. The molecule has 0 unspecified atom stereocenters. The summed E-state index contributed by atoms with van der Waals surface area (Å²) in [4.78, 5) is -0.212. The van der Waals surface area contributed by atoms with Crippen LogP contribution in [0.25, 0.3) is 66.1 Å². The number of para-hydroxylation sites is 4. The van der Waals surface area contributed by atoms with Crippen LogP contribution in [0.5, 0.6) is 11.5 Å². The molecular weight excluding hydrogens is 591 g/mol. The molecule has 0 fully saturated rings. The van der Waals surface area contributed by atoms with Crippen molar-refractivity contribution in [1.82, 2.24) is 9.13 Å². The maximum Gasteiger partial charge on any atom is 0.289 e. The Morgan fingerprint density at radius 2 is 1.00 bits per heavy atom. The molecular formula is C42H25BN2OS. The van der Waals surface area contributed by atoms with Gasteiger partial charge in [-0.2, -0.15) is 11.6 Å². The van der Waals surface area contributed by atoms with Crippen molar-refractivity contribution in [2.24, 2.45) is 0 Å². The van der Waals surface area contributed by atoms with E-state index >= 15 is 0 Å². The number of rotatable bonds is 2. The number of hydrogen-bond donors (Lipinski definition) is 0. The van der Waals surface area contributed by atoms with Crippen molar-refractivity contribution in [3.8, 4) is 34.0 Å². The van der Waals surface area contributed by atoms with E-state index in [4.69, 9.17) is 32.2 Å². The van der Waals surface area contributed by atoms with E-state index in [9.17, 15) is 6.85 Å². The molecule has 3 nitrogen and oxygen atoms in total. The summed E-state index contributed by atoms with van der Waals surface area (Å²) in [5.41, 5.74) is -4.52. The summed E-state index contributed by atoms with van der Waals surface area (Å²) < 4.78 is 233. The summed E-state index contributed by atoms with van der Waals surface area (Å²) in [5.74, 6) is -2.65. The second kappa shape index (κ2) is 9.44. The lowest BCUT2D eigenvalue weighted by Crippen LogP contribution is -2.46. The van der Waals surface area contributed by atoms with Crippen molar-refractivity contribution in [2.45, 2.75) is 4.90 Å². The molecule has 4 heterocycles. The third-order valence-electron chi connectivity index (χ3n) is 8.16. The fourth-order valence-corrected chi connectivity index (χ4v) is 7.49. The van der Waals surface area contributed by atoms with Gasteiger partial charge < -0.3 is 13.9 Å². The normalized spacial score (nSPS) is 20.6.